The van der Waals surface area contributed by atoms with E-state index >= 15 is 0 Å². The van der Waals surface area contributed by atoms with Crippen molar-refractivity contribution in [2.24, 2.45) is 10.9 Å². The van der Waals surface area contributed by atoms with Crippen LogP contribution in [0.4, 0.5) is 0 Å². The third kappa shape index (κ3) is 4.71. The molecule has 0 aliphatic heterocycles. The highest BCUT2D eigenvalue weighted by molar-refractivity contribution is 5.79. The number of nitrogens with zero attached hydrogens (tertiary/aromatic N) is 4. The Balaban J connectivity index is 1.75. The van der Waals surface area contributed by atoms with Gasteiger partial charge in [-0.05, 0) is 18.8 Å². The molecule has 0 saturated heterocycles. The van der Waals surface area contributed by atoms with E-state index in [1.54, 1.807) is 6.33 Å². The van der Waals surface area contributed by atoms with Crippen molar-refractivity contribution in [2.75, 3.05) is 13.6 Å². The van der Waals surface area contributed by atoms with E-state index in [0.717, 1.165) is 37.2 Å². The number of hydrogen-bond acceptors (Lipinski definition) is 3. The summed E-state index contributed by atoms with van der Waals surface area (Å²) in [4.78, 5) is 4.35. The Bertz CT molecular complexity index is 467. The second-order valence-corrected chi connectivity index (χ2v) is 6.08. The van der Waals surface area contributed by atoms with Crippen molar-refractivity contribution >= 4 is 5.96 Å². The molecule has 6 nitrogen and oxygen atoms in total. The van der Waals surface area contributed by atoms with E-state index in [1.165, 1.54) is 32.1 Å². The van der Waals surface area contributed by atoms with Crippen molar-refractivity contribution in [3.05, 3.63) is 12.2 Å². The normalized spacial score (nSPS) is 22.6. The average molecular weight is 306 g/mol. The fourth-order valence-electron chi connectivity index (χ4n) is 3.22. The maximum Gasteiger partial charge on any atom is 0.191 e. The summed E-state index contributed by atoms with van der Waals surface area (Å²) in [6.45, 7) is 6.08. The minimum atomic E-state index is 0.561. The monoisotopic (exact) mass is 306 g/mol. The van der Waals surface area contributed by atoms with Crippen LogP contribution in [0.5, 0.6) is 0 Å². The van der Waals surface area contributed by atoms with Gasteiger partial charge in [0.2, 0.25) is 0 Å². The number of nitrogens with one attached hydrogen (secondary N) is 2. The molecule has 1 aromatic rings. The molecule has 1 saturated carbocycles. The highest BCUT2D eigenvalue weighted by atomic mass is 15.3. The maximum atomic E-state index is 4.35. The molecule has 124 valence electrons. The molecule has 2 atom stereocenters. The summed E-state index contributed by atoms with van der Waals surface area (Å²) in [6.07, 6.45) is 9.22. The minimum Gasteiger partial charge on any atom is -0.355 e. The Labute approximate surface area is 133 Å². The predicted octanol–water partition coefficient (Wildman–Crippen LogP) is 1.97. The van der Waals surface area contributed by atoms with Crippen LogP contribution in [0.1, 0.15) is 51.8 Å². The van der Waals surface area contributed by atoms with Gasteiger partial charge in [0.25, 0.3) is 0 Å². The number of hydrogen-bond donors (Lipinski definition) is 2. The molecular weight excluding hydrogens is 276 g/mol. The van der Waals surface area contributed by atoms with Crippen LogP contribution in [0.15, 0.2) is 11.3 Å². The number of aromatic nitrogens is 3. The molecule has 1 fully saturated rings. The lowest BCUT2D eigenvalue weighted by Crippen LogP contribution is -2.46. The molecule has 1 aliphatic rings. The fraction of sp³-hybridized carbons (Fsp3) is 0.812. The van der Waals surface area contributed by atoms with E-state index in [1.807, 2.05) is 7.05 Å². The van der Waals surface area contributed by atoms with Crippen LogP contribution in [0.2, 0.25) is 0 Å². The summed E-state index contributed by atoms with van der Waals surface area (Å²) in [5.74, 6) is 2.81. The van der Waals surface area contributed by atoms with E-state index < -0.39 is 0 Å². The summed E-state index contributed by atoms with van der Waals surface area (Å²) in [7, 11) is 1.84. The number of guanidine groups is 1. The van der Waals surface area contributed by atoms with E-state index in [-0.39, 0.29) is 0 Å². The number of rotatable bonds is 6. The van der Waals surface area contributed by atoms with Crippen molar-refractivity contribution in [1.82, 2.24) is 25.4 Å². The van der Waals surface area contributed by atoms with Crippen LogP contribution in [0.3, 0.4) is 0 Å². The van der Waals surface area contributed by atoms with Crippen molar-refractivity contribution in [2.45, 2.75) is 65.0 Å². The van der Waals surface area contributed by atoms with Crippen LogP contribution >= 0.6 is 0 Å². The number of aryl methyl sites for hydroxylation is 1. The molecule has 1 heterocycles. The zero-order valence-electron chi connectivity index (χ0n) is 14.2. The molecule has 1 aromatic heterocycles. The van der Waals surface area contributed by atoms with Gasteiger partial charge in [0.05, 0.1) is 0 Å². The molecule has 0 amide bonds. The second kappa shape index (κ2) is 8.76. The topological polar surface area (TPSA) is 67.1 Å². The van der Waals surface area contributed by atoms with Crippen LogP contribution in [-0.4, -0.2) is 40.4 Å². The third-order valence-electron chi connectivity index (χ3n) is 4.58. The Kier molecular flexibility index (Phi) is 6.68. The molecule has 6 heteroatoms. The third-order valence-corrected chi connectivity index (χ3v) is 4.58. The quantitative estimate of drug-likeness (QED) is 0.623. The molecule has 0 radical (unpaired) electrons. The highest BCUT2D eigenvalue weighted by Crippen LogP contribution is 2.26. The average Bonchev–Trinajstić information content (AvgIpc) is 3.01. The minimum absolute atomic E-state index is 0.561. The van der Waals surface area contributed by atoms with Gasteiger partial charge >= 0.3 is 0 Å². The molecule has 0 bridgehead atoms. The highest BCUT2D eigenvalue weighted by Gasteiger charge is 2.21. The zero-order chi connectivity index (χ0) is 15.8. The second-order valence-electron chi connectivity index (χ2n) is 6.08. The van der Waals surface area contributed by atoms with Crippen LogP contribution in [0.25, 0.3) is 0 Å². The summed E-state index contributed by atoms with van der Waals surface area (Å²) < 4.78 is 2.09. The lowest BCUT2D eigenvalue weighted by atomic mass is 9.84. The van der Waals surface area contributed by atoms with Gasteiger partial charge in [-0.15, -0.1) is 10.2 Å². The Morgan fingerprint density at radius 2 is 2.27 bits per heavy atom. The Morgan fingerprint density at radius 1 is 1.41 bits per heavy atom. The van der Waals surface area contributed by atoms with Gasteiger partial charge in [-0.1, -0.05) is 33.1 Å². The largest absolute Gasteiger partial charge is 0.355 e. The summed E-state index contributed by atoms with van der Waals surface area (Å²) >= 11 is 0. The van der Waals surface area contributed by atoms with Crippen molar-refractivity contribution in [1.29, 1.82) is 0 Å². The zero-order valence-corrected chi connectivity index (χ0v) is 14.2. The van der Waals surface area contributed by atoms with E-state index in [4.69, 9.17) is 0 Å². The van der Waals surface area contributed by atoms with Gasteiger partial charge in [-0.25, -0.2) is 0 Å². The first-order valence-electron chi connectivity index (χ1n) is 8.60. The van der Waals surface area contributed by atoms with Crippen LogP contribution in [-0.2, 0) is 13.0 Å². The van der Waals surface area contributed by atoms with Gasteiger partial charge in [0, 0.05) is 32.6 Å². The van der Waals surface area contributed by atoms with Crippen molar-refractivity contribution in [3.8, 4) is 0 Å². The molecular formula is C16H30N6. The lowest BCUT2D eigenvalue weighted by Gasteiger charge is -2.30. The van der Waals surface area contributed by atoms with Crippen LogP contribution < -0.4 is 10.6 Å². The molecule has 2 rings (SSSR count). The molecule has 0 spiro atoms. The van der Waals surface area contributed by atoms with Crippen molar-refractivity contribution < 1.29 is 0 Å². The van der Waals surface area contributed by atoms with Gasteiger partial charge in [-0.2, -0.15) is 0 Å². The van der Waals surface area contributed by atoms with E-state index in [0.29, 0.717) is 6.04 Å². The first kappa shape index (κ1) is 16.8. The molecule has 22 heavy (non-hydrogen) atoms. The van der Waals surface area contributed by atoms with E-state index in [9.17, 15) is 0 Å². The lowest BCUT2D eigenvalue weighted by molar-refractivity contribution is 0.298. The molecule has 0 aromatic carbocycles. The standard InChI is InChI=1S/C16H30N6/c1-4-13-7-6-8-14(11-13)20-16(17-3)18-9-10-22-12-19-21-15(22)5-2/h12-14H,4-11H2,1-3H3,(H2,17,18,20). The smallest absolute Gasteiger partial charge is 0.191 e. The van der Waals surface area contributed by atoms with Crippen LogP contribution in [0, 0.1) is 5.92 Å². The summed E-state index contributed by atoms with van der Waals surface area (Å²) in [6, 6.07) is 0.561. The summed E-state index contributed by atoms with van der Waals surface area (Å²) in [5.41, 5.74) is 0. The number of aliphatic imine (C=N–C) groups is 1. The fourth-order valence-corrected chi connectivity index (χ4v) is 3.22. The first-order chi connectivity index (χ1) is 10.8. The van der Waals surface area contributed by atoms with Gasteiger partial charge in [-0.3, -0.25) is 4.99 Å². The molecule has 1 aliphatic carbocycles. The van der Waals surface area contributed by atoms with Crippen molar-refractivity contribution in [3.63, 3.8) is 0 Å². The Hall–Kier alpha value is -1.59. The van der Waals surface area contributed by atoms with Gasteiger partial charge < -0.3 is 15.2 Å². The Morgan fingerprint density at radius 3 is 3.00 bits per heavy atom. The van der Waals surface area contributed by atoms with Gasteiger partial charge in [0.1, 0.15) is 12.2 Å². The maximum absolute atomic E-state index is 4.35. The summed E-state index contributed by atoms with van der Waals surface area (Å²) in [5, 5.41) is 15.0. The molecule has 2 N–H and O–H groups in total. The first-order valence-corrected chi connectivity index (χ1v) is 8.60. The SMILES string of the molecule is CCc1nncn1CCNC(=NC)NC1CCCC(CC)C1. The van der Waals surface area contributed by atoms with E-state index in [2.05, 4.69) is 44.2 Å². The van der Waals surface area contributed by atoms with Gasteiger partial charge in [0.15, 0.2) is 5.96 Å². The predicted molar refractivity (Wildman–Crippen MR) is 89.9 cm³/mol. The molecule has 2 unspecified atom stereocenters.